The fourth-order valence-corrected chi connectivity index (χ4v) is 8.24. The first-order valence-electron chi connectivity index (χ1n) is 19.1. The van der Waals surface area contributed by atoms with Crippen LogP contribution in [0, 0.1) is 0 Å². The fraction of sp³-hybridized carbons (Fsp3) is 0. The van der Waals surface area contributed by atoms with Gasteiger partial charge in [0.2, 0.25) is 0 Å². The van der Waals surface area contributed by atoms with Gasteiger partial charge in [0.15, 0.2) is 0 Å². The molecule has 2 heterocycles. The van der Waals surface area contributed by atoms with Crippen LogP contribution in [0.3, 0.4) is 0 Å². The highest BCUT2D eigenvalue weighted by atomic mass is 16.3. The van der Waals surface area contributed by atoms with E-state index in [2.05, 4.69) is 200 Å². The van der Waals surface area contributed by atoms with E-state index in [1.54, 1.807) is 0 Å². The molecule has 0 spiro atoms. The molecule has 2 nitrogen and oxygen atoms in total. The summed E-state index contributed by atoms with van der Waals surface area (Å²) in [5.74, 6) is 0. The first-order chi connectivity index (χ1) is 27.7. The van der Waals surface area contributed by atoms with Gasteiger partial charge in [-0.15, -0.1) is 0 Å². The molecule has 262 valence electrons. The molecule has 0 atom stereocenters. The van der Waals surface area contributed by atoms with Crippen LogP contribution in [0.15, 0.2) is 215 Å². The summed E-state index contributed by atoms with van der Waals surface area (Å²) in [5.41, 5.74) is 17.2. The lowest BCUT2D eigenvalue weighted by molar-refractivity contribution is 0.658. The standard InChI is InChI=1S/C54H34O2/c1-5-13-35(14-6-1)41-25-27-50-46(32-41)48-34-49-47-33-42(26-28-51(47)56-54(49)52(53(48)55-50)40-19-11-4-12-20-40)38-21-23-39(24-22-38)45-30-43(36-15-7-2-8-16-36)29-44(31-45)37-17-9-3-10-18-37/h1-34H. The molecule has 56 heavy (non-hydrogen) atoms. The Morgan fingerprint density at radius 3 is 0.946 bits per heavy atom. The van der Waals surface area contributed by atoms with Gasteiger partial charge < -0.3 is 8.83 Å². The lowest BCUT2D eigenvalue weighted by atomic mass is 9.92. The number of benzene rings is 9. The largest absolute Gasteiger partial charge is 0.455 e. The van der Waals surface area contributed by atoms with Gasteiger partial charge in [-0.25, -0.2) is 0 Å². The second kappa shape index (κ2) is 13.2. The van der Waals surface area contributed by atoms with E-state index in [0.717, 1.165) is 71.7 Å². The summed E-state index contributed by atoms with van der Waals surface area (Å²) < 4.78 is 13.4. The third-order valence-electron chi connectivity index (χ3n) is 11.1. The Balaban J connectivity index is 1.04. The maximum absolute atomic E-state index is 6.74. The summed E-state index contributed by atoms with van der Waals surface area (Å²) in [6, 6.07) is 73.4. The lowest BCUT2D eigenvalue weighted by Gasteiger charge is -2.12. The van der Waals surface area contributed by atoms with Crippen LogP contribution in [0.25, 0.3) is 111 Å². The van der Waals surface area contributed by atoms with Crippen molar-refractivity contribution in [1.82, 2.24) is 0 Å². The van der Waals surface area contributed by atoms with Crippen LogP contribution in [0.1, 0.15) is 0 Å². The summed E-state index contributed by atoms with van der Waals surface area (Å²) in [5, 5.41) is 4.32. The van der Waals surface area contributed by atoms with Gasteiger partial charge in [-0.3, -0.25) is 0 Å². The number of rotatable bonds is 6. The van der Waals surface area contributed by atoms with E-state index in [0.29, 0.717) is 0 Å². The summed E-state index contributed by atoms with van der Waals surface area (Å²) in [6.07, 6.45) is 0. The molecule has 0 unspecified atom stereocenters. The molecule has 0 N–H and O–H groups in total. The zero-order chi connectivity index (χ0) is 37.0. The second-order valence-corrected chi connectivity index (χ2v) is 14.5. The first-order valence-corrected chi connectivity index (χ1v) is 19.1. The van der Waals surface area contributed by atoms with Crippen molar-refractivity contribution in [2.45, 2.75) is 0 Å². The second-order valence-electron chi connectivity index (χ2n) is 14.5. The molecule has 2 aromatic heterocycles. The van der Waals surface area contributed by atoms with Gasteiger partial charge in [0, 0.05) is 21.5 Å². The Morgan fingerprint density at radius 1 is 0.214 bits per heavy atom. The van der Waals surface area contributed by atoms with Gasteiger partial charge in [0.25, 0.3) is 0 Å². The Hall–Kier alpha value is -7.42. The van der Waals surface area contributed by atoms with Gasteiger partial charge in [0.05, 0.1) is 5.56 Å². The smallest absolute Gasteiger partial charge is 0.147 e. The zero-order valence-electron chi connectivity index (χ0n) is 30.4. The van der Waals surface area contributed by atoms with E-state index in [1.807, 2.05) is 6.07 Å². The summed E-state index contributed by atoms with van der Waals surface area (Å²) in [6.45, 7) is 0. The van der Waals surface area contributed by atoms with Crippen molar-refractivity contribution in [3.8, 4) is 66.8 Å². The molecule has 2 heteroatoms. The van der Waals surface area contributed by atoms with Crippen LogP contribution in [0.4, 0.5) is 0 Å². The van der Waals surface area contributed by atoms with Crippen molar-refractivity contribution in [2.24, 2.45) is 0 Å². The van der Waals surface area contributed by atoms with E-state index >= 15 is 0 Å². The van der Waals surface area contributed by atoms with Crippen molar-refractivity contribution in [2.75, 3.05) is 0 Å². The predicted molar refractivity (Wildman–Crippen MR) is 234 cm³/mol. The molecular weight excluding hydrogens is 681 g/mol. The Morgan fingerprint density at radius 2 is 0.536 bits per heavy atom. The number of furan rings is 2. The minimum absolute atomic E-state index is 0.834. The maximum Gasteiger partial charge on any atom is 0.147 e. The van der Waals surface area contributed by atoms with Gasteiger partial charge >= 0.3 is 0 Å². The molecule has 11 rings (SSSR count). The Labute approximate surface area is 324 Å². The fourth-order valence-electron chi connectivity index (χ4n) is 8.24. The van der Waals surface area contributed by atoms with Gasteiger partial charge in [-0.2, -0.15) is 0 Å². The lowest BCUT2D eigenvalue weighted by Crippen LogP contribution is -1.86. The monoisotopic (exact) mass is 714 g/mol. The highest BCUT2D eigenvalue weighted by Crippen LogP contribution is 2.46. The molecule has 0 fully saturated rings. The van der Waals surface area contributed by atoms with Crippen molar-refractivity contribution in [1.29, 1.82) is 0 Å². The van der Waals surface area contributed by atoms with Crippen LogP contribution >= 0.6 is 0 Å². The van der Waals surface area contributed by atoms with Crippen LogP contribution < -0.4 is 0 Å². The van der Waals surface area contributed by atoms with E-state index in [4.69, 9.17) is 8.83 Å². The third kappa shape index (κ3) is 5.51. The number of hydrogen-bond donors (Lipinski definition) is 0. The summed E-state index contributed by atoms with van der Waals surface area (Å²) >= 11 is 0. The minimum Gasteiger partial charge on any atom is -0.455 e. The van der Waals surface area contributed by atoms with Crippen LogP contribution in [-0.4, -0.2) is 0 Å². The summed E-state index contributed by atoms with van der Waals surface area (Å²) in [7, 11) is 0. The normalized spacial score (nSPS) is 11.6. The third-order valence-corrected chi connectivity index (χ3v) is 11.1. The molecule has 0 aliphatic rings. The van der Waals surface area contributed by atoms with E-state index in [1.165, 1.54) is 38.9 Å². The predicted octanol–water partition coefficient (Wildman–Crippen LogP) is 15.5. The van der Waals surface area contributed by atoms with Crippen molar-refractivity contribution < 1.29 is 8.83 Å². The highest BCUT2D eigenvalue weighted by Gasteiger charge is 2.22. The molecule has 0 aliphatic heterocycles. The van der Waals surface area contributed by atoms with E-state index in [9.17, 15) is 0 Å². The topological polar surface area (TPSA) is 26.3 Å². The maximum atomic E-state index is 6.74. The van der Waals surface area contributed by atoms with Crippen LogP contribution in [-0.2, 0) is 0 Å². The van der Waals surface area contributed by atoms with E-state index in [-0.39, 0.29) is 0 Å². The summed E-state index contributed by atoms with van der Waals surface area (Å²) in [4.78, 5) is 0. The Bertz CT molecular complexity index is 3130. The van der Waals surface area contributed by atoms with Gasteiger partial charge in [-0.1, -0.05) is 158 Å². The molecule has 9 aromatic carbocycles. The van der Waals surface area contributed by atoms with Crippen molar-refractivity contribution in [3.63, 3.8) is 0 Å². The first kappa shape index (κ1) is 32.0. The molecule has 0 aliphatic carbocycles. The SMILES string of the molecule is c1ccc(-c2cc(-c3ccccc3)cc(-c3ccc(-c4ccc5oc6c(-c7ccccc7)c7oc8ccc(-c9ccccc9)cc8c7cc6c5c4)cc3)c2)cc1. The number of fused-ring (bicyclic) bond motifs is 6. The molecule has 0 saturated carbocycles. The Kier molecular flexibility index (Phi) is 7.53. The van der Waals surface area contributed by atoms with Gasteiger partial charge in [0.1, 0.15) is 22.3 Å². The molecule has 0 radical (unpaired) electrons. The van der Waals surface area contributed by atoms with Crippen LogP contribution in [0.2, 0.25) is 0 Å². The molecule has 0 amide bonds. The van der Waals surface area contributed by atoms with Crippen molar-refractivity contribution in [3.05, 3.63) is 206 Å². The van der Waals surface area contributed by atoms with Crippen molar-refractivity contribution >= 4 is 43.9 Å². The molecule has 11 aromatic rings. The van der Waals surface area contributed by atoms with E-state index < -0.39 is 0 Å². The molecule has 0 bridgehead atoms. The van der Waals surface area contributed by atoms with Crippen LogP contribution in [0.5, 0.6) is 0 Å². The average Bonchev–Trinajstić information content (AvgIpc) is 3.84. The number of hydrogen-bond acceptors (Lipinski definition) is 2. The van der Waals surface area contributed by atoms with Gasteiger partial charge in [-0.05, 0) is 110 Å². The minimum atomic E-state index is 0.834. The molecular formula is C54H34O2. The average molecular weight is 715 g/mol. The molecule has 0 saturated heterocycles. The zero-order valence-corrected chi connectivity index (χ0v) is 30.4. The quantitative estimate of drug-likeness (QED) is 0.171. The highest BCUT2D eigenvalue weighted by molar-refractivity contribution is 6.22.